The fourth-order valence-electron chi connectivity index (χ4n) is 7.52. The van der Waals surface area contributed by atoms with E-state index in [4.69, 9.17) is 20.2 Å². The maximum atomic E-state index is 12.7. The second-order valence-electron chi connectivity index (χ2n) is 13.8. The molecule has 5 aliphatic heterocycles. The molecule has 260 valence electrons. The molecule has 2 aromatic carbocycles. The van der Waals surface area contributed by atoms with E-state index in [-0.39, 0.29) is 31.2 Å². The molecule has 0 unspecified atom stereocenters. The first-order chi connectivity index (χ1) is 24.3. The molecule has 5 heterocycles. The maximum Gasteiger partial charge on any atom is 0.187 e. The summed E-state index contributed by atoms with van der Waals surface area (Å²) >= 11 is 0. The van der Waals surface area contributed by atoms with Gasteiger partial charge in [0.15, 0.2) is 17.7 Å². The Kier molecular flexibility index (Phi) is 10.1. The minimum atomic E-state index is -1.02. The number of ether oxygens (including phenoxy) is 2. The number of aryl methyl sites for hydroxylation is 1. The first-order valence-corrected chi connectivity index (χ1v) is 17.7. The zero-order chi connectivity index (χ0) is 34.8. The SMILES string of the molecule is CCC[C@H](O)C[C@@H](O)CC(=O)CCc1ccc2c(c1)O[C@@H]1[C@H](C#C[C@H](O)c3ccc4c(c3CC3=C5CN1C=C5N=C3)CCN[C@H]4N)CC#CO2. The molecule has 0 saturated heterocycles. The Morgan fingerprint density at radius 1 is 1.14 bits per heavy atom. The van der Waals surface area contributed by atoms with Crippen molar-refractivity contribution in [3.8, 4) is 35.4 Å². The van der Waals surface area contributed by atoms with Crippen LogP contribution in [0.1, 0.15) is 85.5 Å². The number of nitrogens with one attached hydrogen (secondary N) is 1. The quantitative estimate of drug-likeness (QED) is 0.252. The molecule has 0 amide bonds. The van der Waals surface area contributed by atoms with E-state index in [0.717, 1.165) is 58.5 Å². The number of aliphatic hydroxyl groups is 3. The van der Waals surface area contributed by atoms with Crippen LogP contribution in [0.15, 0.2) is 58.4 Å². The van der Waals surface area contributed by atoms with Gasteiger partial charge in [-0.3, -0.25) is 15.1 Å². The van der Waals surface area contributed by atoms with Gasteiger partial charge in [0.05, 0.1) is 30.0 Å². The predicted octanol–water partition coefficient (Wildman–Crippen LogP) is 3.49. The zero-order valence-corrected chi connectivity index (χ0v) is 28.3. The van der Waals surface area contributed by atoms with E-state index in [1.54, 1.807) is 6.07 Å². The van der Waals surface area contributed by atoms with Crippen LogP contribution in [0.4, 0.5) is 0 Å². The maximum absolute atomic E-state index is 12.7. The molecular weight excluding hydrogens is 632 g/mol. The summed E-state index contributed by atoms with van der Waals surface area (Å²) in [5.41, 5.74) is 14.5. The van der Waals surface area contributed by atoms with E-state index in [0.29, 0.717) is 43.7 Å². The second-order valence-corrected chi connectivity index (χ2v) is 13.8. The second kappa shape index (κ2) is 14.8. The molecule has 5 aliphatic rings. The molecule has 0 aromatic heterocycles. The van der Waals surface area contributed by atoms with Crippen LogP contribution in [0.25, 0.3) is 0 Å². The highest BCUT2D eigenvalue weighted by Crippen LogP contribution is 2.39. The average molecular weight is 677 g/mol. The van der Waals surface area contributed by atoms with Gasteiger partial charge in [-0.2, -0.15) is 0 Å². The lowest BCUT2D eigenvalue weighted by Crippen LogP contribution is -2.41. The first kappa shape index (κ1) is 34.0. The molecule has 7 rings (SSSR count). The monoisotopic (exact) mass is 676 g/mol. The van der Waals surface area contributed by atoms with Gasteiger partial charge < -0.3 is 35.4 Å². The number of hydrogen-bond acceptors (Lipinski definition) is 10. The summed E-state index contributed by atoms with van der Waals surface area (Å²) in [5, 5.41) is 35.2. The number of allylic oxidation sites excluding steroid dienone is 1. The third kappa shape index (κ3) is 7.22. The molecule has 0 radical (unpaired) electrons. The topological polar surface area (TPSA) is 150 Å². The number of nitrogens with zero attached hydrogens (tertiary/aromatic N) is 2. The van der Waals surface area contributed by atoms with Gasteiger partial charge in [-0.25, -0.2) is 0 Å². The van der Waals surface area contributed by atoms with Crippen LogP contribution in [-0.4, -0.2) is 63.7 Å². The van der Waals surface area contributed by atoms with Crippen molar-refractivity contribution in [2.24, 2.45) is 16.6 Å². The van der Waals surface area contributed by atoms with E-state index in [2.05, 4.69) is 34.1 Å². The fourth-order valence-corrected chi connectivity index (χ4v) is 7.52. The Labute approximate surface area is 293 Å². The van der Waals surface area contributed by atoms with E-state index in [1.165, 1.54) is 5.56 Å². The van der Waals surface area contributed by atoms with Crippen molar-refractivity contribution in [1.82, 2.24) is 10.2 Å². The van der Waals surface area contributed by atoms with Crippen LogP contribution in [0.2, 0.25) is 0 Å². The molecule has 2 aromatic rings. The third-order valence-electron chi connectivity index (χ3n) is 10.1. The van der Waals surface area contributed by atoms with Crippen LogP contribution in [0.5, 0.6) is 11.5 Å². The lowest BCUT2D eigenvalue weighted by molar-refractivity contribution is -0.121. The van der Waals surface area contributed by atoms with Crippen LogP contribution >= 0.6 is 0 Å². The van der Waals surface area contributed by atoms with E-state index in [1.807, 2.05) is 43.6 Å². The number of aliphatic hydroxyl groups excluding tert-OH is 3. The highest BCUT2D eigenvalue weighted by atomic mass is 16.5. The van der Waals surface area contributed by atoms with Gasteiger partial charge >= 0.3 is 0 Å². The molecule has 10 nitrogen and oxygen atoms in total. The molecule has 6 N–H and O–H groups in total. The molecule has 0 fully saturated rings. The number of carbonyl (C=O) groups is 1. The Bertz CT molecular complexity index is 1880. The Morgan fingerprint density at radius 2 is 2.00 bits per heavy atom. The van der Waals surface area contributed by atoms with Crippen molar-refractivity contribution in [1.29, 1.82) is 0 Å². The van der Waals surface area contributed by atoms with Crippen molar-refractivity contribution in [3.63, 3.8) is 0 Å². The number of hydrogen-bond donors (Lipinski definition) is 5. The molecule has 0 aliphatic carbocycles. The van der Waals surface area contributed by atoms with Gasteiger partial charge in [0, 0.05) is 56.8 Å². The molecule has 10 heteroatoms. The predicted molar refractivity (Wildman–Crippen MR) is 189 cm³/mol. The van der Waals surface area contributed by atoms with Gasteiger partial charge in [-0.05, 0) is 71.2 Å². The van der Waals surface area contributed by atoms with Crippen LogP contribution in [0, 0.1) is 29.8 Å². The number of nitrogens with two attached hydrogens (primary N) is 1. The number of carbonyl (C=O) groups excluding carboxylic acids is 1. The molecule has 50 heavy (non-hydrogen) atoms. The Hall–Kier alpha value is -4.42. The fraction of sp³-hybridized carbons (Fsp3) is 0.450. The molecule has 2 bridgehead atoms. The summed E-state index contributed by atoms with van der Waals surface area (Å²) in [6.07, 6.45) is 7.55. The van der Waals surface area contributed by atoms with Crippen LogP contribution in [0.3, 0.4) is 0 Å². The lowest BCUT2D eigenvalue weighted by Gasteiger charge is -2.32. The first-order valence-electron chi connectivity index (χ1n) is 17.7. The highest BCUT2D eigenvalue weighted by molar-refractivity contribution is 5.88. The van der Waals surface area contributed by atoms with E-state index >= 15 is 0 Å². The van der Waals surface area contributed by atoms with E-state index in [9.17, 15) is 20.1 Å². The number of aliphatic imine (C=N–C) groups is 1. The summed E-state index contributed by atoms with van der Waals surface area (Å²) in [5.74, 6) is 10.1. The van der Waals surface area contributed by atoms with Crippen molar-refractivity contribution in [2.45, 2.75) is 95.4 Å². The van der Waals surface area contributed by atoms with Gasteiger partial charge in [0.1, 0.15) is 18.0 Å². The number of fused-ring (bicyclic) bond motifs is 7. The molecular formula is C40H44N4O6. The number of Topliss-reactive ketones (excluding diaryl/α,β-unsaturated/α-hetero) is 1. The number of rotatable bonds is 9. The minimum absolute atomic E-state index is 0.0107. The van der Waals surface area contributed by atoms with Crippen molar-refractivity contribution >= 4 is 12.0 Å². The molecule has 0 saturated carbocycles. The van der Waals surface area contributed by atoms with Crippen molar-refractivity contribution < 1.29 is 29.6 Å². The van der Waals surface area contributed by atoms with Gasteiger partial charge in [0.25, 0.3) is 0 Å². The summed E-state index contributed by atoms with van der Waals surface area (Å²) in [6.45, 7) is 3.32. The smallest absolute Gasteiger partial charge is 0.187 e. The van der Waals surface area contributed by atoms with Crippen LogP contribution in [-0.2, 0) is 24.1 Å². The summed E-state index contributed by atoms with van der Waals surface area (Å²) in [6, 6.07) is 9.51. The number of ketones is 1. The lowest BCUT2D eigenvalue weighted by atomic mass is 9.84. The summed E-state index contributed by atoms with van der Waals surface area (Å²) < 4.78 is 12.6. The van der Waals surface area contributed by atoms with Gasteiger partial charge in [0.2, 0.25) is 0 Å². The van der Waals surface area contributed by atoms with Gasteiger partial charge in [-0.1, -0.05) is 49.3 Å². The summed E-state index contributed by atoms with van der Waals surface area (Å²) in [7, 11) is 0. The highest BCUT2D eigenvalue weighted by Gasteiger charge is 2.36. The normalized spacial score (nSPS) is 24.3. The molecule has 6 atom stereocenters. The van der Waals surface area contributed by atoms with Crippen molar-refractivity contribution in [3.05, 3.63) is 81.2 Å². The van der Waals surface area contributed by atoms with Crippen LogP contribution < -0.4 is 20.5 Å². The Morgan fingerprint density at radius 3 is 2.86 bits per heavy atom. The number of benzene rings is 2. The molecule has 0 spiro atoms. The average Bonchev–Trinajstić information content (AvgIpc) is 3.69. The zero-order valence-electron chi connectivity index (χ0n) is 28.3. The third-order valence-corrected chi connectivity index (χ3v) is 10.1. The van der Waals surface area contributed by atoms with Crippen molar-refractivity contribution in [2.75, 3.05) is 13.1 Å². The standard InChI is InChI=1S/C40H44N4O6/c1-2-4-27(45)19-29(47)20-28(46)9-6-24-7-13-37-38(17-24)50-40-25(5-3-16-49-37)8-12-36(48)31-10-11-32-30(14-15-42-39(32)41)33(31)18-26-21-43-35-23-44(40)22-34(26)35/h7,10-11,13,17,21,23,25,27,29,36,39-40,42,45,47-48H,2,4-6,9,14-15,18-20,22,41H2,1H3/t25-,27-,29+,36-,39+,40+/m0/s1. The minimum Gasteiger partial charge on any atom is -0.465 e. The summed E-state index contributed by atoms with van der Waals surface area (Å²) in [4.78, 5) is 19.6. The largest absolute Gasteiger partial charge is 0.465 e. The Balaban J connectivity index is 1.17. The van der Waals surface area contributed by atoms with E-state index < -0.39 is 30.5 Å². The van der Waals surface area contributed by atoms with Gasteiger partial charge in [-0.15, -0.1) is 0 Å².